The van der Waals surface area contributed by atoms with Crippen molar-refractivity contribution in [1.82, 2.24) is 0 Å². The lowest BCUT2D eigenvalue weighted by Gasteiger charge is -2.42. The second-order valence-electron chi connectivity index (χ2n) is 15.4. The monoisotopic (exact) mass is 601 g/mol. The highest BCUT2D eigenvalue weighted by Crippen LogP contribution is 2.48. The summed E-state index contributed by atoms with van der Waals surface area (Å²) in [4.78, 5) is 12.3. The maximum Gasteiger partial charge on any atom is 0.494 e. The first kappa shape index (κ1) is 34.1. The number of ether oxygens (including phenoxy) is 2. The summed E-state index contributed by atoms with van der Waals surface area (Å²) >= 11 is 0. The van der Waals surface area contributed by atoms with Crippen LogP contribution in [0.25, 0.3) is 0 Å². The van der Waals surface area contributed by atoms with E-state index in [9.17, 15) is 4.79 Å². The average molecular weight is 601 g/mol. The Morgan fingerprint density at radius 1 is 0.744 bits per heavy atom. The van der Waals surface area contributed by atoms with Gasteiger partial charge in [0.15, 0.2) is 0 Å². The minimum absolute atomic E-state index is 0.474. The molecular weight excluding hydrogens is 551 g/mol. The number of rotatable bonds is 7. The molecule has 0 spiro atoms. The summed E-state index contributed by atoms with van der Waals surface area (Å²) in [5, 5.41) is 2.75. The van der Waals surface area contributed by atoms with Crippen LogP contribution in [0.1, 0.15) is 103 Å². The van der Waals surface area contributed by atoms with Gasteiger partial charge in [-0.05, 0) is 120 Å². The molecule has 43 heavy (non-hydrogen) atoms. The Morgan fingerprint density at radius 2 is 1.23 bits per heavy atom. The lowest BCUT2D eigenvalue weighted by atomic mass is 9.49. The van der Waals surface area contributed by atoms with Crippen molar-refractivity contribution < 1.29 is 42.2 Å². The number of hydrogen-bond donors (Lipinski definition) is 1. The molecule has 3 fully saturated rings. The summed E-state index contributed by atoms with van der Waals surface area (Å²) < 4.78 is 49.6. The average Bonchev–Trinajstić information content (AvgIpc) is 3.33. The molecule has 1 aromatic rings. The first-order valence-electron chi connectivity index (χ1n) is 15.2. The summed E-state index contributed by atoms with van der Waals surface area (Å²) in [5.74, 6) is 0.474. The van der Waals surface area contributed by atoms with E-state index in [0.717, 1.165) is 5.46 Å². The van der Waals surface area contributed by atoms with Gasteiger partial charge < -0.3 is 37.4 Å². The van der Waals surface area contributed by atoms with Gasteiger partial charge in [0.25, 0.3) is 0 Å². The van der Waals surface area contributed by atoms with E-state index in [1.165, 1.54) is 0 Å². The van der Waals surface area contributed by atoms with Crippen molar-refractivity contribution >= 4 is 38.4 Å². The van der Waals surface area contributed by atoms with Gasteiger partial charge in [0.2, 0.25) is 0 Å². The molecule has 0 aromatic heterocycles. The van der Waals surface area contributed by atoms with Crippen LogP contribution in [0.2, 0.25) is 0 Å². The number of hydrogen-bond acceptors (Lipinski definition) is 9. The Labute approximate surface area is 258 Å². The van der Waals surface area contributed by atoms with Crippen molar-refractivity contribution in [3.05, 3.63) is 18.2 Å². The molecule has 1 aromatic carbocycles. The summed E-state index contributed by atoms with van der Waals surface area (Å²) in [6.07, 6.45) is 0.732. The minimum Gasteiger partial charge on any atom is -0.495 e. The van der Waals surface area contributed by atoms with Crippen molar-refractivity contribution in [1.29, 1.82) is 0 Å². The van der Waals surface area contributed by atoms with Gasteiger partial charge >= 0.3 is 27.2 Å². The molecule has 0 bridgehead atoms. The number of amides is 1. The number of nitrogens with one attached hydrogen (secondary N) is 1. The molecule has 1 N–H and O–H groups in total. The van der Waals surface area contributed by atoms with Crippen molar-refractivity contribution in [3.8, 4) is 5.75 Å². The van der Waals surface area contributed by atoms with Crippen LogP contribution in [0, 0.1) is 0 Å². The quantitative estimate of drug-likeness (QED) is 0.415. The lowest BCUT2D eigenvalue weighted by molar-refractivity contribution is -0.0576. The van der Waals surface area contributed by atoms with Crippen LogP contribution in [0.4, 0.5) is 10.5 Å². The Hall–Kier alpha value is -1.76. The number of methoxy groups -OCH3 is 1. The maximum absolute atomic E-state index is 12.3. The Morgan fingerprint density at radius 3 is 1.77 bits per heavy atom. The zero-order chi connectivity index (χ0) is 32.4. The second kappa shape index (κ2) is 10.9. The van der Waals surface area contributed by atoms with Crippen LogP contribution in [-0.2, 0) is 32.7 Å². The molecule has 238 valence electrons. The van der Waals surface area contributed by atoms with Crippen molar-refractivity contribution in [3.63, 3.8) is 0 Å². The van der Waals surface area contributed by atoms with E-state index < -0.39 is 66.4 Å². The van der Waals surface area contributed by atoms with Crippen LogP contribution >= 0.6 is 0 Å². The van der Waals surface area contributed by atoms with Gasteiger partial charge in [0.05, 0.1) is 46.4 Å². The topological polar surface area (TPSA) is 103 Å². The first-order valence-corrected chi connectivity index (χ1v) is 15.2. The molecule has 2 atom stereocenters. The van der Waals surface area contributed by atoms with E-state index in [1.54, 1.807) is 13.2 Å². The van der Waals surface area contributed by atoms with Gasteiger partial charge in [-0.3, -0.25) is 5.32 Å². The van der Waals surface area contributed by atoms with E-state index in [1.807, 2.05) is 88.3 Å². The highest BCUT2D eigenvalue weighted by molar-refractivity contribution is 7.11. The van der Waals surface area contributed by atoms with Crippen LogP contribution in [0.5, 0.6) is 5.75 Å². The van der Waals surface area contributed by atoms with Gasteiger partial charge in [-0.15, -0.1) is 0 Å². The third-order valence-electron chi connectivity index (χ3n) is 9.81. The van der Waals surface area contributed by atoms with Crippen LogP contribution in [0.3, 0.4) is 0 Å². The fourth-order valence-electron chi connectivity index (χ4n) is 5.45. The van der Waals surface area contributed by atoms with Gasteiger partial charge in [0, 0.05) is 0 Å². The lowest BCUT2D eigenvalue weighted by Crippen LogP contribution is -2.50. The zero-order valence-electron chi connectivity index (χ0n) is 28.6. The number of anilines is 1. The summed E-state index contributed by atoms with van der Waals surface area (Å²) in [6.45, 7) is 25.8. The van der Waals surface area contributed by atoms with E-state index in [0.29, 0.717) is 24.3 Å². The first-order chi connectivity index (χ1) is 19.4. The third-order valence-corrected chi connectivity index (χ3v) is 9.81. The van der Waals surface area contributed by atoms with Gasteiger partial charge in [-0.1, -0.05) is 6.07 Å². The van der Waals surface area contributed by atoms with Gasteiger partial charge in [-0.2, -0.15) is 0 Å². The summed E-state index contributed by atoms with van der Waals surface area (Å²) in [5.41, 5.74) is -2.84. The molecule has 0 saturated carbocycles. The molecule has 1 amide bonds. The molecule has 2 unspecified atom stereocenters. The maximum atomic E-state index is 12.3. The van der Waals surface area contributed by atoms with Gasteiger partial charge in [0.1, 0.15) is 11.4 Å². The predicted molar refractivity (Wildman–Crippen MR) is 169 cm³/mol. The van der Waals surface area contributed by atoms with Crippen LogP contribution < -0.4 is 15.5 Å². The fraction of sp³-hybridized carbons (Fsp3) is 0.767. The SMILES string of the molecule is COc1cc(B2OC(C)(C)C(C)(CCC3(C)OB(B4OC(C)(C)C(C)(C)O4)OC3(C)C)O2)ccc1NC(=O)OC(C)(C)C. The van der Waals surface area contributed by atoms with Crippen LogP contribution in [-0.4, -0.2) is 73.5 Å². The molecule has 0 radical (unpaired) electrons. The number of carbonyl (C=O) groups is 1. The molecule has 3 saturated heterocycles. The van der Waals surface area contributed by atoms with E-state index in [-0.39, 0.29) is 0 Å². The minimum atomic E-state index is -0.657. The van der Waals surface area contributed by atoms with E-state index >= 15 is 0 Å². The summed E-state index contributed by atoms with van der Waals surface area (Å²) in [6, 6.07) is 5.43. The van der Waals surface area contributed by atoms with Crippen molar-refractivity contribution in [2.24, 2.45) is 0 Å². The number of carbonyl (C=O) groups excluding carboxylic acids is 1. The third kappa shape index (κ3) is 6.63. The standard InChI is InChI=1S/C30H50B3NO9/c1-24(2,3)37-23(35)34-21-16-15-20(19-22(21)36-14)31-38-27(8,9)29(12,42-31)17-18-30(13)28(10,11)41-33(43-30)32-39-25(4,5)26(6,7)40-32/h15-16,19H,17-18H2,1-14H3,(H,34,35). The molecule has 0 aliphatic carbocycles. The Bertz CT molecular complexity index is 1200. The summed E-state index contributed by atoms with van der Waals surface area (Å²) in [7, 11) is -0.372. The molecule has 3 heterocycles. The predicted octanol–water partition coefficient (Wildman–Crippen LogP) is 5.34. The zero-order valence-corrected chi connectivity index (χ0v) is 28.6. The molecule has 10 nitrogen and oxygen atoms in total. The van der Waals surface area contributed by atoms with Crippen LogP contribution in [0.15, 0.2) is 18.2 Å². The molecule has 13 heteroatoms. The van der Waals surface area contributed by atoms with Crippen molar-refractivity contribution in [2.75, 3.05) is 12.4 Å². The second-order valence-corrected chi connectivity index (χ2v) is 15.4. The largest absolute Gasteiger partial charge is 0.495 e. The van der Waals surface area contributed by atoms with Gasteiger partial charge in [-0.25, -0.2) is 4.79 Å². The number of benzene rings is 1. The molecule has 3 aliphatic rings. The van der Waals surface area contributed by atoms with Crippen molar-refractivity contribution in [2.45, 2.75) is 142 Å². The normalized spacial score (nSPS) is 29.2. The van der Waals surface area contributed by atoms with E-state index in [2.05, 4.69) is 19.2 Å². The fourth-order valence-corrected chi connectivity index (χ4v) is 5.45. The highest BCUT2D eigenvalue weighted by Gasteiger charge is 2.65. The highest BCUT2D eigenvalue weighted by atomic mass is 16.7. The molecule has 3 aliphatic heterocycles. The van der Waals surface area contributed by atoms with E-state index in [4.69, 9.17) is 37.4 Å². The molecular formula is C30H50B3NO9. The Balaban J connectivity index is 1.46. The molecule has 4 rings (SSSR count). The smallest absolute Gasteiger partial charge is 0.494 e. The Kier molecular flexibility index (Phi) is 8.69.